The fraction of sp³-hybridized carbons (Fsp3) is 0.625. The Balaban J connectivity index is 1.99. The Morgan fingerprint density at radius 1 is 1.35 bits per heavy atom. The van der Waals surface area contributed by atoms with E-state index >= 15 is 0 Å². The summed E-state index contributed by atoms with van der Waals surface area (Å²) in [6.07, 6.45) is 1.74. The summed E-state index contributed by atoms with van der Waals surface area (Å²) in [5.74, 6) is 0.642. The van der Waals surface area contributed by atoms with Crippen LogP contribution in [0.2, 0.25) is 0 Å². The van der Waals surface area contributed by atoms with Gasteiger partial charge in [0.1, 0.15) is 0 Å². The van der Waals surface area contributed by atoms with Gasteiger partial charge in [0.2, 0.25) is 0 Å². The summed E-state index contributed by atoms with van der Waals surface area (Å²) in [6.45, 7) is 7.30. The van der Waals surface area contributed by atoms with Crippen molar-refractivity contribution in [2.75, 3.05) is 18.1 Å². The van der Waals surface area contributed by atoms with Crippen LogP contribution in [0, 0.1) is 6.92 Å². The van der Waals surface area contributed by atoms with Crippen molar-refractivity contribution >= 4 is 9.84 Å². The van der Waals surface area contributed by atoms with Crippen LogP contribution in [0.4, 0.5) is 0 Å². The molecule has 1 heterocycles. The maximum Gasteiger partial charge on any atom is 0.151 e. The van der Waals surface area contributed by atoms with Crippen molar-refractivity contribution in [3.8, 4) is 0 Å². The van der Waals surface area contributed by atoms with Gasteiger partial charge in [-0.3, -0.25) is 0 Å². The van der Waals surface area contributed by atoms with Crippen LogP contribution in [-0.2, 0) is 15.3 Å². The van der Waals surface area contributed by atoms with Crippen LogP contribution in [0.3, 0.4) is 0 Å². The molecule has 1 N–H and O–H groups in total. The van der Waals surface area contributed by atoms with Gasteiger partial charge in [0, 0.05) is 18.0 Å². The molecule has 0 amide bonds. The Labute approximate surface area is 122 Å². The van der Waals surface area contributed by atoms with Crippen molar-refractivity contribution in [1.29, 1.82) is 0 Å². The van der Waals surface area contributed by atoms with E-state index < -0.39 is 9.84 Å². The normalized spacial score (nSPS) is 22.6. The molecule has 1 aliphatic heterocycles. The molecule has 1 fully saturated rings. The molecule has 0 spiro atoms. The van der Waals surface area contributed by atoms with Gasteiger partial charge < -0.3 is 5.32 Å². The van der Waals surface area contributed by atoms with Crippen LogP contribution >= 0.6 is 0 Å². The maximum absolute atomic E-state index is 11.7. The average Bonchev–Trinajstić information content (AvgIpc) is 2.35. The summed E-state index contributed by atoms with van der Waals surface area (Å²) in [5.41, 5.74) is 2.56. The molecular formula is C16H25NO2S. The molecule has 4 heteroatoms. The molecular weight excluding hydrogens is 270 g/mol. The third-order valence-electron chi connectivity index (χ3n) is 4.10. The summed E-state index contributed by atoms with van der Waals surface area (Å²) in [7, 11) is -2.83. The Morgan fingerprint density at radius 2 is 2.10 bits per heavy atom. The second-order valence-corrected chi connectivity index (χ2v) is 8.82. The number of sulfone groups is 1. The fourth-order valence-corrected chi connectivity index (χ4v) is 4.42. The van der Waals surface area contributed by atoms with Gasteiger partial charge in [-0.05, 0) is 25.3 Å². The van der Waals surface area contributed by atoms with Crippen LogP contribution < -0.4 is 5.32 Å². The average molecular weight is 295 g/mol. The Kier molecular flexibility index (Phi) is 4.55. The maximum atomic E-state index is 11.7. The van der Waals surface area contributed by atoms with E-state index in [1.54, 1.807) is 0 Å². The second kappa shape index (κ2) is 5.86. The zero-order valence-corrected chi connectivity index (χ0v) is 13.5. The van der Waals surface area contributed by atoms with E-state index in [4.69, 9.17) is 0 Å². The fourth-order valence-electron chi connectivity index (χ4n) is 2.75. The number of hydrogen-bond donors (Lipinski definition) is 1. The van der Waals surface area contributed by atoms with E-state index in [0.29, 0.717) is 5.75 Å². The highest BCUT2D eigenvalue weighted by molar-refractivity contribution is 7.91. The minimum atomic E-state index is -2.83. The van der Waals surface area contributed by atoms with E-state index in [2.05, 4.69) is 50.4 Å². The lowest BCUT2D eigenvalue weighted by molar-refractivity contribution is 0.408. The zero-order chi connectivity index (χ0) is 14.8. The summed E-state index contributed by atoms with van der Waals surface area (Å²) < 4.78 is 23.3. The standard InChI is InChI=1S/C16H25NO2S/c1-13-6-4-7-14(10-13)16(2,3)12-17-15-8-5-9-20(18,19)11-15/h4,6-7,10,15,17H,5,8-9,11-12H2,1-3H3/t15-/m0/s1. The molecule has 0 aliphatic carbocycles. The van der Waals surface area contributed by atoms with Crippen LogP contribution in [0.1, 0.15) is 37.8 Å². The molecule has 0 radical (unpaired) electrons. The Morgan fingerprint density at radius 3 is 2.75 bits per heavy atom. The molecule has 1 atom stereocenters. The first-order chi connectivity index (χ1) is 9.28. The highest BCUT2D eigenvalue weighted by Crippen LogP contribution is 2.24. The Bertz CT molecular complexity index is 564. The first-order valence-electron chi connectivity index (χ1n) is 7.29. The molecule has 0 aromatic heterocycles. The molecule has 0 bridgehead atoms. The second-order valence-electron chi connectivity index (χ2n) is 6.59. The lowest BCUT2D eigenvalue weighted by Crippen LogP contribution is -2.45. The summed E-state index contributed by atoms with van der Waals surface area (Å²) in [5, 5.41) is 3.46. The topological polar surface area (TPSA) is 46.2 Å². The third kappa shape index (κ3) is 4.06. The summed E-state index contributed by atoms with van der Waals surface area (Å²) in [4.78, 5) is 0. The van der Waals surface area contributed by atoms with E-state index in [9.17, 15) is 8.42 Å². The minimum Gasteiger partial charge on any atom is -0.312 e. The predicted octanol–water partition coefficient (Wildman–Crippen LogP) is 2.44. The van der Waals surface area contributed by atoms with Crippen molar-refractivity contribution < 1.29 is 8.42 Å². The van der Waals surface area contributed by atoms with Crippen molar-refractivity contribution in [3.63, 3.8) is 0 Å². The lowest BCUT2D eigenvalue weighted by Gasteiger charge is -2.30. The summed E-state index contributed by atoms with van der Waals surface area (Å²) >= 11 is 0. The summed E-state index contributed by atoms with van der Waals surface area (Å²) in [6, 6.07) is 8.64. The van der Waals surface area contributed by atoms with Crippen LogP contribution in [-0.4, -0.2) is 32.5 Å². The van der Waals surface area contributed by atoms with Crippen LogP contribution in [0.5, 0.6) is 0 Å². The highest BCUT2D eigenvalue weighted by Gasteiger charge is 2.27. The van der Waals surface area contributed by atoms with Gasteiger partial charge in [-0.1, -0.05) is 43.7 Å². The first-order valence-corrected chi connectivity index (χ1v) is 9.12. The van der Waals surface area contributed by atoms with Gasteiger partial charge in [0.25, 0.3) is 0 Å². The number of hydrogen-bond acceptors (Lipinski definition) is 3. The van der Waals surface area contributed by atoms with Gasteiger partial charge in [-0.25, -0.2) is 8.42 Å². The van der Waals surface area contributed by atoms with E-state index in [0.717, 1.165) is 19.4 Å². The van der Waals surface area contributed by atoms with Gasteiger partial charge in [0.05, 0.1) is 11.5 Å². The molecule has 3 nitrogen and oxygen atoms in total. The minimum absolute atomic E-state index is 0.00717. The van der Waals surface area contributed by atoms with Gasteiger partial charge >= 0.3 is 0 Å². The van der Waals surface area contributed by atoms with Crippen molar-refractivity contribution in [3.05, 3.63) is 35.4 Å². The molecule has 1 saturated heterocycles. The predicted molar refractivity (Wildman–Crippen MR) is 83.9 cm³/mol. The quantitative estimate of drug-likeness (QED) is 0.928. The Hall–Kier alpha value is -0.870. The van der Waals surface area contributed by atoms with Gasteiger partial charge in [0.15, 0.2) is 9.84 Å². The number of nitrogens with one attached hydrogen (secondary N) is 1. The SMILES string of the molecule is Cc1cccc(C(C)(C)CN[C@H]2CCCS(=O)(=O)C2)c1. The van der Waals surface area contributed by atoms with Crippen molar-refractivity contribution in [2.24, 2.45) is 0 Å². The van der Waals surface area contributed by atoms with Gasteiger partial charge in [-0.15, -0.1) is 0 Å². The molecule has 2 rings (SSSR count). The molecule has 0 unspecified atom stereocenters. The molecule has 20 heavy (non-hydrogen) atoms. The first kappa shape index (κ1) is 15.5. The largest absolute Gasteiger partial charge is 0.312 e. The molecule has 112 valence electrons. The highest BCUT2D eigenvalue weighted by atomic mass is 32.2. The molecule has 0 saturated carbocycles. The van der Waals surface area contributed by atoms with E-state index in [1.165, 1.54) is 11.1 Å². The van der Waals surface area contributed by atoms with Crippen LogP contribution in [0.15, 0.2) is 24.3 Å². The lowest BCUT2D eigenvalue weighted by atomic mass is 9.83. The zero-order valence-electron chi connectivity index (χ0n) is 12.6. The van der Waals surface area contributed by atoms with Crippen LogP contribution in [0.25, 0.3) is 0 Å². The molecule has 1 aromatic carbocycles. The molecule has 1 aliphatic rings. The third-order valence-corrected chi connectivity index (χ3v) is 5.92. The number of rotatable bonds is 4. The smallest absolute Gasteiger partial charge is 0.151 e. The van der Waals surface area contributed by atoms with Crippen molar-refractivity contribution in [2.45, 2.75) is 45.1 Å². The monoisotopic (exact) mass is 295 g/mol. The number of benzene rings is 1. The van der Waals surface area contributed by atoms with Gasteiger partial charge in [-0.2, -0.15) is 0 Å². The molecule has 1 aromatic rings. The van der Waals surface area contributed by atoms with E-state index in [-0.39, 0.29) is 17.2 Å². The van der Waals surface area contributed by atoms with E-state index in [1.807, 2.05) is 0 Å². The van der Waals surface area contributed by atoms with Crippen molar-refractivity contribution in [1.82, 2.24) is 5.32 Å². The number of aryl methyl sites for hydroxylation is 1.